The Labute approximate surface area is 172 Å². The van der Waals surface area contributed by atoms with Gasteiger partial charge in [0, 0.05) is 6.07 Å². The van der Waals surface area contributed by atoms with Crippen LogP contribution in [0.3, 0.4) is 0 Å². The number of amides is 1. The Balaban J connectivity index is 1.74. The van der Waals surface area contributed by atoms with E-state index in [0.29, 0.717) is 5.01 Å². The molecule has 1 aliphatic heterocycles. The molecule has 0 atom stereocenters. The normalized spacial score (nSPS) is 15.5. The highest BCUT2D eigenvalue weighted by molar-refractivity contribution is 6.34. The van der Waals surface area contributed by atoms with Gasteiger partial charge in [0.2, 0.25) is 0 Å². The van der Waals surface area contributed by atoms with Crippen LogP contribution in [-0.4, -0.2) is 22.7 Å². The first-order valence-electron chi connectivity index (χ1n) is 8.86. The quantitative estimate of drug-likeness (QED) is 0.325. The summed E-state index contributed by atoms with van der Waals surface area (Å²) >= 11 is 0. The number of benzene rings is 2. The zero-order valence-electron chi connectivity index (χ0n) is 15.5. The lowest BCUT2D eigenvalue weighted by atomic mass is 10.1. The first-order chi connectivity index (χ1) is 14.8. The fourth-order valence-corrected chi connectivity index (χ4v) is 3.06. The lowest BCUT2D eigenvalue weighted by Gasteiger charge is -2.10. The van der Waals surface area contributed by atoms with Gasteiger partial charge < -0.3 is 4.42 Å². The number of nitro groups is 1. The Kier molecular flexibility index (Phi) is 4.90. The number of carbonyl (C=O) groups is 1. The number of furan rings is 1. The van der Waals surface area contributed by atoms with Gasteiger partial charge in [0.15, 0.2) is 5.71 Å². The maximum Gasteiger partial charge on any atom is 0.435 e. The van der Waals surface area contributed by atoms with Crippen molar-refractivity contribution in [1.29, 1.82) is 0 Å². The summed E-state index contributed by atoms with van der Waals surface area (Å²) in [5.74, 6) is -0.972. The molecule has 7 nitrogen and oxygen atoms in total. The molecule has 0 aliphatic carbocycles. The van der Waals surface area contributed by atoms with Crippen LogP contribution in [0.4, 0.5) is 24.5 Å². The van der Waals surface area contributed by atoms with Crippen LogP contribution in [0.5, 0.6) is 0 Å². The standard InChI is InChI=1S/C21H12F3N3O4/c22-21(23,24)19-16(20(28)26(25-19)13-6-2-1-3-7-13)12-14-10-11-18(31-14)15-8-4-5-9-17(15)27(29)30/h1-12H/b16-12+. The number of halogens is 3. The number of carbonyl (C=O) groups excluding carboxylic acids is 1. The second-order valence-electron chi connectivity index (χ2n) is 6.43. The number of anilines is 1. The second-order valence-corrected chi connectivity index (χ2v) is 6.43. The van der Waals surface area contributed by atoms with Gasteiger partial charge in [0.05, 0.1) is 21.7 Å². The van der Waals surface area contributed by atoms with Gasteiger partial charge in [-0.2, -0.15) is 23.3 Å². The van der Waals surface area contributed by atoms with Crippen molar-refractivity contribution in [3.05, 3.63) is 88.2 Å². The topological polar surface area (TPSA) is 88.9 Å². The Bertz CT molecular complexity index is 1230. The molecule has 1 aliphatic rings. The summed E-state index contributed by atoms with van der Waals surface area (Å²) in [5, 5.41) is 15.3. The Morgan fingerprint density at radius 1 is 1.00 bits per heavy atom. The van der Waals surface area contributed by atoms with E-state index in [0.717, 1.165) is 6.08 Å². The molecule has 31 heavy (non-hydrogen) atoms. The van der Waals surface area contributed by atoms with Crippen LogP contribution in [0.15, 0.2) is 81.8 Å². The van der Waals surface area contributed by atoms with E-state index in [-0.39, 0.29) is 28.5 Å². The van der Waals surface area contributed by atoms with Crippen molar-refractivity contribution in [2.75, 3.05) is 5.01 Å². The zero-order valence-corrected chi connectivity index (χ0v) is 15.5. The third-order valence-electron chi connectivity index (χ3n) is 4.43. The summed E-state index contributed by atoms with van der Waals surface area (Å²) in [6, 6.07) is 16.2. The number of hydrazone groups is 1. The first-order valence-corrected chi connectivity index (χ1v) is 8.86. The molecule has 0 spiro atoms. The molecule has 156 valence electrons. The molecule has 10 heteroatoms. The van der Waals surface area contributed by atoms with Crippen LogP contribution in [-0.2, 0) is 4.79 Å². The molecule has 3 aromatic rings. The van der Waals surface area contributed by atoms with E-state index in [1.165, 1.54) is 42.5 Å². The molecule has 0 unspecified atom stereocenters. The van der Waals surface area contributed by atoms with Gasteiger partial charge in [-0.05, 0) is 36.4 Å². The summed E-state index contributed by atoms with van der Waals surface area (Å²) in [6.07, 6.45) is -3.95. The average Bonchev–Trinajstić information content (AvgIpc) is 3.34. The van der Waals surface area contributed by atoms with Crippen LogP contribution in [0.1, 0.15) is 5.76 Å². The molecule has 0 N–H and O–H groups in total. The van der Waals surface area contributed by atoms with Crippen molar-refractivity contribution in [3.63, 3.8) is 0 Å². The van der Waals surface area contributed by atoms with Crippen molar-refractivity contribution in [2.45, 2.75) is 6.18 Å². The molecule has 0 bridgehead atoms. The van der Waals surface area contributed by atoms with Gasteiger partial charge >= 0.3 is 6.18 Å². The van der Waals surface area contributed by atoms with Crippen molar-refractivity contribution in [2.24, 2.45) is 5.10 Å². The Morgan fingerprint density at radius 3 is 2.35 bits per heavy atom. The molecular weight excluding hydrogens is 415 g/mol. The molecule has 0 saturated carbocycles. The minimum absolute atomic E-state index is 0.0787. The molecule has 2 aromatic carbocycles. The first kappa shape index (κ1) is 20.1. The van der Waals surface area contributed by atoms with E-state index in [2.05, 4.69) is 5.10 Å². The number of hydrogen-bond donors (Lipinski definition) is 0. The van der Waals surface area contributed by atoms with Gasteiger partial charge in [-0.3, -0.25) is 14.9 Å². The smallest absolute Gasteiger partial charge is 0.435 e. The monoisotopic (exact) mass is 427 g/mol. The van der Waals surface area contributed by atoms with E-state index in [4.69, 9.17) is 4.42 Å². The van der Waals surface area contributed by atoms with E-state index < -0.39 is 28.3 Å². The largest absolute Gasteiger partial charge is 0.456 e. The summed E-state index contributed by atoms with van der Waals surface area (Å²) in [4.78, 5) is 23.3. The molecule has 0 fully saturated rings. The lowest BCUT2D eigenvalue weighted by molar-refractivity contribution is -0.384. The molecule has 2 heterocycles. The van der Waals surface area contributed by atoms with E-state index >= 15 is 0 Å². The van der Waals surface area contributed by atoms with Crippen LogP contribution in [0.25, 0.3) is 17.4 Å². The van der Waals surface area contributed by atoms with Crippen molar-refractivity contribution in [3.8, 4) is 11.3 Å². The van der Waals surface area contributed by atoms with Crippen molar-refractivity contribution >= 4 is 29.1 Å². The molecular formula is C21H12F3N3O4. The lowest BCUT2D eigenvalue weighted by Crippen LogP contribution is -2.25. The minimum atomic E-state index is -4.88. The van der Waals surface area contributed by atoms with Gasteiger partial charge in [0.25, 0.3) is 11.6 Å². The Hall–Kier alpha value is -4.21. The molecule has 4 rings (SSSR count). The third kappa shape index (κ3) is 3.82. The summed E-state index contributed by atoms with van der Waals surface area (Å²) < 4.78 is 46.1. The fourth-order valence-electron chi connectivity index (χ4n) is 3.06. The SMILES string of the molecule is O=C1/C(=C/c2ccc(-c3ccccc3[N+](=O)[O-])o2)C(C(F)(F)F)=NN1c1ccccc1. The van der Waals surface area contributed by atoms with E-state index in [9.17, 15) is 28.1 Å². The molecule has 1 amide bonds. The van der Waals surface area contributed by atoms with Crippen molar-refractivity contribution in [1.82, 2.24) is 0 Å². The maximum absolute atomic E-state index is 13.5. The molecule has 0 radical (unpaired) electrons. The van der Waals surface area contributed by atoms with Crippen LogP contribution < -0.4 is 5.01 Å². The van der Waals surface area contributed by atoms with Gasteiger partial charge in [-0.15, -0.1) is 0 Å². The van der Waals surface area contributed by atoms with Gasteiger partial charge in [-0.25, -0.2) is 0 Å². The molecule has 1 aromatic heterocycles. The van der Waals surface area contributed by atoms with Crippen molar-refractivity contribution < 1.29 is 27.3 Å². The van der Waals surface area contributed by atoms with E-state index in [1.807, 2.05) is 0 Å². The number of para-hydroxylation sites is 2. The summed E-state index contributed by atoms with van der Waals surface area (Å²) in [6.45, 7) is 0. The van der Waals surface area contributed by atoms with Gasteiger partial charge in [0.1, 0.15) is 11.5 Å². The number of nitro benzene ring substituents is 1. The molecule has 0 saturated heterocycles. The number of alkyl halides is 3. The predicted molar refractivity (Wildman–Crippen MR) is 106 cm³/mol. The predicted octanol–water partition coefficient (Wildman–Crippen LogP) is 5.20. The van der Waals surface area contributed by atoms with Crippen LogP contribution in [0, 0.1) is 10.1 Å². The summed E-state index contributed by atoms with van der Waals surface area (Å²) in [5.41, 5.74) is -1.94. The van der Waals surface area contributed by atoms with Gasteiger partial charge in [-0.1, -0.05) is 30.3 Å². The minimum Gasteiger partial charge on any atom is -0.456 e. The number of rotatable bonds is 4. The fraction of sp³-hybridized carbons (Fsp3) is 0.0476. The highest BCUT2D eigenvalue weighted by Gasteiger charge is 2.47. The van der Waals surface area contributed by atoms with Crippen LogP contribution in [0.2, 0.25) is 0 Å². The third-order valence-corrected chi connectivity index (χ3v) is 4.43. The average molecular weight is 427 g/mol. The Morgan fingerprint density at radius 2 is 1.68 bits per heavy atom. The maximum atomic E-state index is 13.5. The highest BCUT2D eigenvalue weighted by Crippen LogP contribution is 2.34. The second kappa shape index (κ2) is 7.56. The highest BCUT2D eigenvalue weighted by atomic mass is 19.4. The zero-order chi connectivity index (χ0) is 22.2. The number of nitrogens with zero attached hydrogens (tertiary/aromatic N) is 3. The van der Waals surface area contributed by atoms with Crippen LogP contribution >= 0.6 is 0 Å². The van der Waals surface area contributed by atoms with E-state index in [1.54, 1.807) is 24.3 Å². The summed E-state index contributed by atoms with van der Waals surface area (Å²) in [7, 11) is 0. The number of hydrogen-bond acceptors (Lipinski definition) is 5.